The third kappa shape index (κ3) is 4.56. The van der Waals surface area contributed by atoms with Gasteiger partial charge < -0.3 is 15.7 Å². The highest BCUT2D eigenvalue weighted by Gasteiger charge is 2.25. The summed E-state index contributed by atoms with van der Waals surface area (Å²) in [6.45, 7) is 2.46. The lowest BCUT2D eigenvalue weighted by atomic mass is 10.1. The third-order valence-electron chi connectivity index (χ3n) is 3.90. The average Bonchev–Trinajstić information content (AvgIpc) is 2.88. The Hall–Kier alpha value is -1.88. The second-order valence-corrected chi connectivity index (χ2v) is 5.58. The molecule has 2 unspecified atom stereocenters. The fraction of sp³-hybridized carbons (Fsp3) is 0.500. The van der Waals surface area contributed by atoms with Crippen LogP contribution in [0.5, 0.6) is 0 Å². The first-order valence-electron chi connectivity index (χ1n) is 7.36. The van der Waals surface area contributed by atoms with Crippen LogP contribution in [0.2, 0.25) is 0 Å². The van der Waals surface area contributed by atoms with E-state index in [1.54, 1.807) is 12.1 Å². The van der Waals surface area contributed by atoms with Gasteiger partial charge in [-0.05, 0) is 30.5 Å². The lowest BCUT2D eigenvalue weighted by Crippen LogP contribution is -2.32. The van der Waals surface area contributed by atoms with Crippen LogP contribution in [0.15, 0.2) is 24.3 Å². The predicted octanol–water partition coefficient (Wildman–Crippen LogP) is 1.21. The van der Waals surface area contributed by atoms with Crippen molar-refractivity contribution in [2.75, 3.05) is 6.54 Å². The summed E-state index contributed by atoms with van der Waals surface area (Å²) < 4.78 is 0. The molecular formula is C16H22N2O3. The molecule has 1 saturated carbocycles. The minimum Gasteiger partial charge on any atom is -0.393 e. The van der Waals surface area contributed by atoms with E-state index in [0.29, 0.717) is 18.7 Å². The summed E-state index contributed by atoms with van der Waals surface area (Å²) in [5.41, 5.74) is 1.54. The van der Waals surface area contributed by atoms with Gasteiger partial charge in [0.15, 0.2) is 0 Å². The zero-order chi connectivity index (χ0) is 15.2. The van der Waals surface area contributed by atoms with Crippen molar-refractivity contribution in [3.05, 3.63) is 35.4 Å². The van der Waals surface area contributed by atoms with Gasteiger partial charge in [-0.2, -0.15) is 0 Å². The highest BCUT2D eigenvalue weighted by atomic mass is 16.3. The van der Waals surface area contributed by atoms with Gasteiger partial charge in [0.2, 0.25) is 5.91 Å². The van der Waals surface area contributed by atoms with Gasteiger partial charge in [0.05, 0.1) is 6.10 Å². The van der Waals surface area contributed by atoms with Crippen molar-refractivity contribution >= 4 is 11.8 Å². The zero-order valence-electron chi connectivity index (χ0n) is 12.3. The van der Waals surface area contributed by atoms with Gasteiger partial charge >= 0.3 is 0 Å². The molecule has 1 aliphatic carbocycles. The topological polar surface area (TPSA) is 78.4 Å². The lowest BCUT2D eigenvalue weighted by molar-refractivity contribution is -0.119. The Kier molecular flexibility index (Phi) is 5.33. The number of aliphatic hydroxyl groups is 1. The summed E-state index contributed by atoms with van der Waals surface area (Å²) in [5.74, 6) is -0.0277. The van der Waals surface area contributed by atoms with E-state index in [2.05, 4.69) is 10.6 Å². The van der Waals surface area contributed by atoms with Crippen molar-refractivity contribution in [3.8, 4) is 0 Å². The number of benzene rings is 1. The first kappa shape index (κ1) is 15.5. The van der Waals surface area contributed by atoms with Gasteiger partial charge in [-0.15, -0.1) is 0 Å². The number of carbonyl (C=O) groups excluding carboxylic acids is 2. The number of hydrogen-bond acceptors (Lipinski definition) is 3. The summed E-state index contributed by atoms with van der Waals surface area (Å²) in [4.78, 5) is 22.9. The number of nitrogens with one attached hydrogen (secondary N) is 2. The van der Waals surface area contributed by atoms with Crippen LogP contribution in [0.1, 0.15) is 42.1 Å². The summed E-state index contributed by atoms with van der Waals surface area (Å²) in [6.07, 6.45) is 2.54. The Bertz CT molecular complexity index is 499. The molecule has 2 amide bonds. The normalized spacial score (nSPS) is 21.0. The fourth-order valence-electron chi connectivity index (χ4n) is 2.58. The summed E-state index contributed by atoms with van der Waals surface area (Å²) in [5, 5.41) is 15.3. The lowest BCUT2D eigenvalue weighted by Gasteiger charge is -2.15. The molecule has 1 aliphatic rings. The van der Waals surface area contributed by atoms with E-state index in [-0.39, 0.29) is 23.8 Å². The van der Waals surface area contributed by atoms with E-state index >= 15 is 0 Å². The zero-order valence-corrected chi connectivity index (χ0v) is 12.3. The Balaban J connectivity index is 1.83. The van der Waals surface area contributed by atoms with E-state index in [1.165, 1.54) is 6.92 Å². The van der Waals surface area contributed by atoms with E-state index in [1.807, 2.05) is 12.1 Å². The fourth-order valence-corrected chi connectivity index (χ4v) is 2.58. The maximum Gasteiger partial charge on any atom is 0.251 e. The van der Waals surface area contributed by atoms with Crippen LogP contribution < -0.4 is 10.6 Å². The minimum atomic E-state index is -0.287. The Morgan fingerprint density at radius 2 is 1.90 bits per heavy atom. The van der Waals surface area contributed by atoms with E-state index in [4.69, 9.17) is 0 Å². The smallest absolute Gasteiger partial charge is 0.251 e. The van der Waals surface area contributed by atoms with E-state index in [9.17, 15) is 14.7 Å². The highest BCUT2D eigenvalue weighted by Crippen LogP contribution is 2.24. The molecule has 0 saturated heterocycles. The predicted molar refractivity (Wildman–Crippen MR) is 79.6 cm³/mol. The number of aliphatic hydroxyl groups excluding tert-OH is 1. The van der Waals surface area contributed by atoms with Crippen LogP contribution in [-0.2, 0) is 11.3 Å². The number of amides is 2. The first-order chi connectivity index (χ1) is 10.1. The third-order valence-corrected chi connectivity index (χ3v) is 3.90. The molecule has 21 heavy (non-hydrogen) atoms. The molecule has 0 aromatic heterocycles. The van der Waals surface area contributed by atoms with Crippen LogP contribution in [0, 0.1) is 5.92 Å². The second kappa shape index (κ2) is 7.22. The maximum absolute atomic E-state index is 12.0. The van der Waals surface area contributed by atoms with Gasteiger partial charge in [0, 0.05) is 31.5 Å². The molecule has 114 valence electrons. The number of rotatable bonds is 5. The average molecular weight is 290 g/mol. The monoisotopic (exact) mass is 290 g/mol. The largest absolute Gasteiger partial charge is 0.393 e. The number of hydrogen-bond donors (Lipinski definition) is 3. The Morgan fingerprint density at radius 3 is 2.48 bits per heavy atom. The van der Waals surface area contributed by atoms with Crippen LogP contribution >= 0.6 is 0 Å². The molecule has 3 N–H and O–H groups in total. The van der Waals surface area contributed by atoms with Crippen LogP contribution in [-0.4, -0.2) is 29.6 Å². The summed E-state index contributed by atoms with van der Waals surface area (Å²) in [6, 6.07) is 7.15. The standard InChI is InChI=1S/C16H22N2O3/c1-11(19)17-9-12-5-7-13(8-6-12)16(21)18-10-14-3-2-4-15(14)20/h5-8,14-15,20H,2-4,9-10H2,1H3,(H,17,19)(H,18,21). The highest BCUT2D eigenvalue weighted by molar-refractivity contribution is 5.94. The second-order valence-electron chi connectivity index (χ2n) is 5.58. The van der Waals surface area contributed by atoms with Crippen LogP contribution in [0.4, 0.5) is 0 Å². The molecule has 5 heteroatoms. The van der Waals surface area contributed by atoms with Crippen molar-refractivity contribution in [2.45, 2.75) is 38.8 Å². The van der Waals surface area contributed by atoms with Gasteiger partial charge in [-0.1, -0.05) is 18.6 Å². The van der Waals surface area contributed by atoms with Gasteiger partial charge in [0.1, 0.15) is 0 Å². The quantitative estimate of drug-likeness (QED) is 0.763. The first-order valence-corrected chi connectivity index (χ1v) is 7.36. The molecule has 1 aromatic rings. The maximum atomic E-state index is 12.0. The molecule has 1 fully saturated rings. The molecule has 1 aromatic carbocycles. The minimum absolute atomic E-state index is 0.0769. The van der Waals surface area contributed by atoms with Gasteiger partial charge in [-0.25, -0.2) is 0 Å². The molecule has 0 heterocycles. The van der Waals surface area contributed by atoms with Gasteiger partial charge in [0.25, 0.3) is 5.91 Å². The van der Waals surface area contributed by atoms with Crippen LogP contribution in [0.3, 0.4) is 0 Å². The van der Waals surface area contributed by atoms with Crippen molar-refractivity contribution in [3.63, 3.8) is 0 Å². The molecule has 0 bridgehead atoms. The molecule has 0 spiro atoms. The molecule has 2 rings (SSSR count). The van der Waals surface area contributed by atoms with E-state index < -0.39 is 0 Å². The van der Waals surface area contributed by atoms with Crippen molar-refractivity contribution < 1.29 is 14.7 Å². The van der Waals surface area contributed by atoms with Gasteiger partial charge in [-0.3, -0.25) is 9.59 Å². The van der Waals surface area contributed by atoms with Crippen LogP contribution in [0.25, 0.3) is 0 Å². The Morgan fingerprint density at radius 1 is 1.19 bits per heavy atom. The van der Waals surface area contributed by atoms with Crippen molar-refractivity contribution in [2.24, 2.45) is 5.92 Å². The summed E-state index contributed by atoms with van der Waals surface area (Å²) >= 11 is 0. The number of carbonyl (C=O) groups is 2. The van der Waals surface area contributed by atoms with Crippen molar-refractivity contribution in [1.29, 1.82) is 0 Å². The molecule has 0 aliphatic heterocycles. The molecule has 0 radical (unpaired) electrons. The van der Waals surface area contributed by atoms with E-state index in [0.717, 1.165) is 24.8 Å². The SMILES string of the molecule is CC(=O)NCc1ccc(C(=O)NCC2CCCC2O)cc1. The molecule has 2 atom stereocenters. The summed E-state index contributed by atoms with van der Waals surface area (Å²) in [7, 11) is 0. The van der Waals surface area contributed by atoms with Crippen molar-refractivity contribution in [1.82, 2.24) is 10.6 Å². The Labute approximate surface area is 124 Å². The molecule has 5 nitrogen and oxygen atoms in total. The molecular weight excluding hydrogens is 268 g/mol.